The third-order valence-corrected chi connectivity index (χ3v) is 4.84. The number of halogens is 1. The largest absolute Gasteiger partial charge is 0.319 e. The standard InChI is InChI=1S/C16H12ClN3O3S/c1-19-13-7-6-12(20(22)23)9-14(13)24-16(19)18-15(21)8-10-2-4-11(17)5-3-10/h2-7,9H,8H2,1H3. The van der Waals surface area contributed by atoms with Crippen LogP contribution < -0.4 is 4.80 Å². The molecule has 0 saturated carbocycles. The van der Waals surface area contributed by atoms with E-state index >= 15 is 0 Å². The zero-order valence-corrected chi connectivity index (χ0v) is 14.2. The van der Waals surface area contributed by atoms with Crippen molar-refractivity contribution in [2.24, 2.45) is 12.0 Å². The molecule has 0 unspecified atom stereocenters. The fourth-order valence-corrected chi connectivity index (χ4v) is 3.46. The first-order valence-corrected chi connectivity index (χ1v) is 8.19. The van der Waals surface area contributed by atoms with Gasteiger partial charge in [0.1, 0.15) is 0 Å². The van der Waals surface area contributed by atoms with E-state index in [4.69, 9.17) is 11.6 Å². The van der Waals surface area contributed by atoms with Gasteiger partial charge >= 0.3 is 0 Å². The topological polar surface area (TPSA) is 77.5 Å². The van der Waals surface area contributed by atoms with Gasteiger partial charge in [-0.2, -0.15) is 4.99 Å². The first kappa shape index (κ1) is 16.4. The van der Waals surface area contributed by atoms with Gasteiger partial charge in [0.05, 0.1) is 21.6 Å². The van der Waals surface area contributed by atoms with Gasteiger partial charge in [-0.1, -0.05) is 35.1 Å². The molecule has 1 amide bonds. The average Bonchev–Trinajstić information content (AvgIpc) is 2.85. The molecule has 8 heteroatoms. The third-order valence-electron chi connectivity index (χ3n) is 3.49. The molecule has 122 valence electrons. The van der Waals surface area contributed by atoms with Gasteiger partial charge in [-0.05, 0) is 23.8 Å². The number of aromatic nitrogens is 1. The highest BCUT2D eigenvalue weighted by molar-refractivity contribution is 7.16. The monoisotopic (exact) mass is 361 g/mol. The molecule has 3 rings (SSSR count). The zero-order chi connectivity index (χ0) is 17.3. The van der Waals surface area contributed by atoms with Crippen LogP contribution in [0, 0.1) is 10.1 Å². The van der Waals surface area contributed by atoms with Crippen molar-refractivity contribution >= 4 is 44.7 Å². The number of hydrogen-bond acceptors (Lipinski definition) is 4. The molecule has 2 aromatic carbocycles. The predicted molar refractivity (Wildman–Crippen MR) is 93.2 cm³/mol. The van der Waals surface area contributed by atoms with Crippen molar-refractivity contribution < 1.29 is 9.72 Å². The summed E-state index contributed by atoms with van der Waals surface area (Å²) in [6.45, 7) is 0. The van der Waals surface area contributed by atoms with Crippen LogP contribution in [0.4, 0.5) is 5.69 Å². The van der Waals surface area contributed by atoms with E-state index in [0.717, 1.165) is 11.1 Å². The second kappa shape index (κ2) is 6.54. The second-order valence-corrected chi connectivity index (χ2v) is 6.61. The van der Waals surface area contributed by atoms with Gasteiger partial charge in [-0.25, -0.2) is 0 Å². The molecule has 1 aromatic heterocycles. The zero-order valence-electron chi connectivity index (χ0n) is 12.6. The Morgan fingerprint density at radius 3 is 2.67 bits per heavy atom. The van der Waals surface area contributed by atoms with Gasteiger partial charge in [-0.3, -0.25) is 14.9 Å². The highest BCUT2D eigenvalue weighted by atomic mass is 35.5. The van der Waals surface area contributed by atoms with Crippen LogP contribution in [0.15, 0.2) is 47.5 Å². The maximum absolute atomic E-state index is 12.2. The van der Waals surface area contributed by atoms with Crippen LogP contribution in [0.25, 0.3) is 10.2 Å². The molecule has 0 atom stereocenters. The van der Waals surface area contributed by atoms with E-state index in [9.17, 15) is 14.9 Å². The Kier molecular flexibility index (Phi) is 4.46. The van der Waals surface area contributed by atoms with E-state index in [1.165, 1.54) is 23.5 Å². The lowest BCUT2D eigenvalue weighted by Gasteiger charge is -1.98. The average molecular weight is 362 g/mol. The number of amides is 1. The third kappa shape index (κ3) is 3.37. The normalized spacial score (nSPS) is 11.8. The molecule has 0 N–H and O–H groups in total. The van der Waals surface area contributed by atoms with Crippen molar-refractivity contribution in [3.8, 4) is 0 Å². The van der Waals surface area contributed by atoms with E-state index < -0.39 is 4.92 Å². The van der Waals surface area contributed by atoms with Crippen LogP contribution >= 0.6 is 22.9 Å². The first-order chi connectivity index (χ1) is 11.4. The summed E-state index contributed by atoms with van der Waals surface area (Å²) in [7, 11) is 1.78. The van der Waals surface area contributed by atoms with Crippen LogP contribution in [0.5, 0.6) is 0 Å². The van der Waals surface area contributed by atoms with E-state index in [0.29, 0.717) is 14.5 Å². The molecule has 0 fully saturated rings. The number of non-ortho nitro benzene ring substituents is 1. The van der Waals surface area contributed by atoms with Crippen LogP contribution in [-0.4, -0.2) is 15.4 Å². The molecule has 0 saturated heterocycles. The summed E-state index contributed by atoms with van der Waals surface area (Å²) >= 11 is 7.07. The number of hydrogen-bond donors (Lipinski definition) is 0. The van der Waals surface area contributed by atoms with Crippen LogP contribution in [0.2, 0.25) is 5.02 Å². The Morgan fingerprint density at radius 2 is 2.00 bits per heavy atom. The van der Waals surface area contributed by atoms with Gasteiger partial charge in [0.15, 0.2) is 4.80 Å². The van der Waals surface area contributed by atoms with E-state index in [-0.39, 0.29) is 18.0 Å². The summed E-state index contributed by atoms with van der Waals surface area (Å²) in [6, 6.07) is 11.6. The van der Waals surface area contributed by atoms with Crippen molar-refractivity contribution in [3.05, 3.63) is 68.0 Å². The molecule has 6 nitrogen and oxygen atoms in total. The second-order valence-electron chi connectivity index (χ2n) is 5.16. The lowest BCUT2D eigenvalue weighted by Crippen LogP contribution is -2.14. The predicted octanol–water partition coefficient (Wildman–Crippen LogP) is 3.47. The quantitative estimate of drug-likeness (QED) is 0.529. The van der Waals surface area contributed by atoms with Crippen LogP contribution in [-0.2, 0) is 18.3 Å². The highest BCUT2D eigenvalue weighted by Gasteiger charge is 2.11. The van der Waals surface area contributed by atoms with Crippen molar-refractivity contribution in [1.29, 1.82) is 0 Å². The lowest BCUT2D eigenvalue weighted by molar-refractivity contribution is -0.384. The molecular weight excluding hydrogens is 350 g/mol. The van der Waals surface area contributed by atoms with Gasteiger partial charge in [-0.15, -0.1) is 0 Å². The smallest absolute Gasteiger partial charge is 0.270 e. The molecule has 0 spiro atoms. The minimum atomic E-state index is -0.443. The highest BCUT2D eigenvalue weighted by Crippen LogP contribution is 2.22. The molecular formula is C16H12ClN3O3S. The van der Waals surface area contributed by atoms with Gasteiger partial charge in [0.2, 0.25) is 0 Å². The fourth-order valence-electron chi connectivity index (χ4n) is 2.27. The Bertz CT molecular complexity index is 1010. The van der Waals surface area contributed by atoms with Crippen molar-refractivity contribution in [2.75, 3.05) is 0 Å². The van der Waals surface area contributed by atoms with Crippen molar-refractivity contribution in [2.45, 2.75) is 6.42 Å². The van der Waals surface area contributed by atoms with Gasteiger partial charge in [0, 0.05) is 24.2 Å². The molecule has 3 aromatic rings. The number of benzene rings is 2. The molecule has 0 bridgehead atoms. The summed E-state index contributed by atoms with van der Waals surface area (Å²) in [5.74, 6) is -0.283. The number of nitro groups is 1. The van der Waals surface area contributed by atoms with E-state index in [2.05, 4.69) is 4.99 Å². The fraction of sp³-hybridized carbons (Fsp3) is 0.125. The van der Waals surface area contributed by atoms with Crippen molar-refractivity contribution in [3.63, 3.8) is 0 Å². The summed E-state index contributed by atoms with van der Waals surface area (Å²) in [5.41, 5.74) is 1.64. The first-order valence-electron chi connectivity index (χ1n) is 7.00. The Hall–Kier alpha value is -2.51. The number of thiazole rings is 1. The molecule has 0 aliphatic heterocycles. The Balaban J connectivity index is 1.94. The summed E-state index contributed by atoms with van der Waals surface area (Å²) in [4.78, 5) is 27.2. The van der Waals surface area contributed by atoms with Gasteiger partial charge in [0.25, 0.3) is 11.6 Å². The van der Waals surface area contributed by atoms with Gasteiger partial charge < -0.3 is 4.57 Å². The number of nitro benzene ring substituents is 1. The summed E-state index contributed by atoms with van der Waals surface area (Å²) in [6.07, 6.45) is 0.172. The summed E-state index contributed by atoms with van der Waals surface area (Å²) < 4.78 is 2.47. The van der Waals surface area contributed by atoms with Crippen molar-refractivity contribution in [1.82, 2.24) is 4.57 Å². The minimum Gasteiger partial charge on any atom is -0.319 e. The molecule has 0 aliphatic carbocycles. The Morgan fingerprint density at radius 1 is 1.29 bits per heavy atom. The molecule has 1 heterocycles. The number of carbonyl (C=O) groups is 1. The molecule has 24 heavy (non-hydrogen) atoms. The maximum atomic E-state index is 12.2. The number of nitrogens with zero attached hydrogens (tertiary/aromatic N) is 3. The van der Waals surface area contributed by atoms with E-state index in [1.807, 2.05) is 0 Å². The van der Waals surface area contributed by atoms with Crippen LogP contribution in [0.3, 0.4) is 0 Å². The number of aryl methyl sites for hydroxylation is 1. The summed E-state index contributed by atoms with van der Waals surface area (Å²) in [5, 5.41) is 11.5. The number of carbonyl (C=O) groups excluding carboxylic acids is 1. The molecule has 0 aliphatic rings. The van der Waals surface area contributed by atoms with E-state index in [1.54, 1.807) is 41.9 Å². The number of fused-ring (bicyclic) bond motifs is 1. The maximum Gasteiger partial charge on any atom is 0.270 e. The van der Waals surface area contributed by atoms with Crippen LogP contribution in [0.1, 0.15) is 5.56 Å². The lowest BCUT2D eigenvalue weighted by atomic mass is 10.1. The minimum absolute atomic E-state index is 0.0170. The SMILES string of the molecule is Cn1c(=NC(=O)Cc2ccc(Cl)cc2)sc2cc([N+](=O)[O-])ccc21. The number of rotatable bonds is 3. The molecule has 0 radical (unpaired) electrons. The Labute approximate surface area is 145 Å².